The first-order chi connectivity index (χ1) is 15.2. The van der Waals surface area contributed by atoms with Crippen LogP contribution in [0.25, 0.3) is 0 Å². The lowest BCUT2D eigenvalue weighted by Gasteiger charge is -2.16. The van der Waals surface area contributed by atoms with Crippen LogP contribution < -0.4 is 5.73 Å². The molecule has 4 rings (SSSR count). The van der Waals surface area contributed by atoms with E-state index in [2.05, 4.69) is 0 Å². The fraction of sp³-hybridized carbons (Fsp3) is 0.200. The van der Waals surface area contributed by atoms with E-state index in [0.29, 0.717) is 18.8 Å². The van der Waals surface area contributed by atoms with Crippen molar-refractivity contribution in [2.75, 3.05) is 31.9 Å². The van der Waals surface area contributed by atoms with Gasteiger partial charge < -0.3 is 5.73 Å². The molecule has 12 heteroatoms. The van der Waals surface area contributed by atoms with Crippen LogP contribution in [0.2, 0.25) is 0 Å². The number of nitrogens with zero attached hydrogens (tertiary/aromatic N) is 3. The fourth-order valence-corrected chi connectivity index (χ4v) is 6.09. The summed E-state index contributed by atoms with van der Waals surface area (Å²) in [6.45, 7) is 1.37. The molecule has 2 aromatic carbocycles. The molecule has 2 aromatic rings. The molecule has 0 saturated heterocycles. The predicted molar refractivity (Wildman–Crippen MR) is 120 cm³/mol. The highest BCUT2D eigenvalue weighted by molar-refractivity contribution is 7.89. The Morgan fingerprint density at radius 3 is 1.59 bits per heavy atom. The van der Waals surface area contributed by atoms with E-state index in [1.807, 2.05) is 12.2 Å². The van der Waals surface area contributed by atoms with Crippen molar-refractivity contribution in [2.24, 2.45) is 0 Å². The molecule has 0 radical (unpaired) electrons. The highest BCUT2D eigenvalue weighted by atomic mass is 32.2. The van der Waals surface area contributed by atoms with Crippen molar-refractivity contribution in [3.05, 3.63) is 82.9 Å². The van der Waals surface area contributed by atoms with Crippen molar-refractivity contribution in [3.8, 4) is 0 Å². The van der Waals surface area contributed by atoms with Gasteiger partial charge in [0.05, 0.1) is 10.6 Å². The summed E-state index contributed by atoms with van der Waals surface area (Å²) in [4.78, 5) is 10.0. The van der Waals surface area contributed by atoms with Crippen LogP contribution in [-0.2, 0) is 20.0 Å². The molecule has 0 amide bonds. The van der Waals surface area contributed by atoms with Crippen LogP contribution in [0.1, 0.15) is 0 Å². The third-order valence-corrected chi connectivity index (χ3v) is 8.57. The van der Waals surface area contributed by atoms with Gasteiger partial charge in [-0.3, -0.25) is 10.1 Å². The van der Waals surface area contributed by atoms with E-state index in [0.717, 1.165) is 0 Å². The molecule has 2 aliphatic rings. The number of hydrogen-bond acceptors (Lipinski definition) is 7. The molecule has 0 bridgehead atoms. The molecule has 10 nitrogen and oxygen atoms in total. The molecule has 32 heavy (non-hydrogen) atoms. The van der Waals surface area contributed by atoms with Gasteiger partial charge in [-0.25, -0.2) is 16.8 Å². The quantitative estimate of drug-likeness (QED) is 0.299. The number of nitro benzene ring substituents is 1. The van der Waals surface area contributed by atoms with Gasteiger partial charge in [0.2, 0.25) is 20.0 Å². The maximum atomic E-state index is 12.1. The molecule has 0 aromatic heterocycles. The minimum Gasteiger partial charge on any atom is -0.398 e. The van der Waals surface area contributed by atoms with Crippen LogP contribution in [0, 0.1) is 10.1 Å². The molecule has 0 saturated carbocycles. The van der Waals surface area contributed by atoms with Crippen molar-refractivity contribution < 1.29 is 21.8 Å². The van der Waals surface area contributed by atoms with E-state index in [9.17, 15) is 26.9 Å². The van der Waals surface area contributed by atoms with Gasteiger partial charge in [-0.1, -0.05) is 48.6 Å². The smallest absolute Gasteiger partial charge is 0.289 e. The first kappa shape index (κ1) is 23.6. The summed E-state index contributed by atoms with van der Waals surface area (Å²) in [5.41, 5.74) is 5.55. The van der Waals surface area contributed by atoms with Gasteiger partial charge in [0.15, 0.2) is 4.90 Å². The molecule has 2 heterocycles. The number of nitrogens with two attached hydrogens (primary N) is 1. The Hall–Kier alpha value is -3.06. The number of para-hydroxylation sites is 2. The molecular formula is C20H22N4O6S2. The number of benzene rings is 2. The van der Waals surface area contributed by atoms with Gasteiger partial charge in [0, 0.05) is 32.2 Å². The average molecular weight is 479 g/mol. The first-order valence-electron chi connectivity index (χ1n) is 9.54. The van der Waals surface area contributed by atoms with E-state index < -0.39 is 25.0 Å². The lowest BCUT2D eigenvalue weighted by atomic mass is 10.3. The summed E-state index contributed by atoms with van der Waals surface area (Å²) in [6.07, 6.45) is 7.09. The fourth-order valence-electron chi connectivity index (χ4n) is 3.13. The van der Waals surface area contributed by atoms with Gasteiger partial charge >= 0.3 is 0 Å². The van der Waals surface area contributed by atoms with Crippen LogP contribution in [0.5, 0.6) is 0 Å². The topological polar surface area (TPSA) is 144 Å². The summed E-state index contributed by atoms with van der Waals surface area (Å²) in [7, 11) is -7.21. The number of hydrogen-bond donors (Lipinski definition) is 1. The van der Waals surface area contributed by atoms with Crippen LogP contribution in [-0.4, -0.2) is 56.5 Å². The lowest BCUT2D eigenvalue weighted by Crippen LogP contribution is -2.29. The standard InChI is InChI=1S/C10H10N2O4S.C10H12N2O2S/c13-12(14)9-5-1-2-6-10(9)17(15,16)11-7-3-4-8-11;11-9-5-1-2-6-10(9)15(13,14)12-7-3-4-8-12/h1-6H,7-8H2;1-6H,7-8,11H2. The van der Waals surface area contributed by atoms with Gasteiger partial charge in [-0.15, -0.1) is 0 Å². The second-order valence-electron chi connectivity index (χ2n) is 6.85. The maximum absolute atomic E-state index is 12.1. The Bertz CT molecular complexity index is 1260. The van der Waals surface area contributed by atoms with Crippen LogP contribution in [0.15, 0.2) is 82.6 Å². The van der Waals surface area contributed by atoms with Crippen LogP contribution in [0.4, 0.5) is 11.4 Å². The highest BCUT2D eigenvalue weighted by Crippen LogP contribution is 2.27. The van der Waals surface area contributed by atoms with Crippen molar-refractivity contribution in [1.82, 2.24) is 8.61 Å². The monoisotopic (exact) mass is 478 g/mol. The zero-order valence-corrected chi connectivity index (χ0v) is 18.6. The van der Waals surface area contributed by atoms with Gasteiger partial charge in [0.25, 0.3) is 5.69 Å². The number of anilines is 1. The first-order valence-corrected chi connectivity index (χ1v) is 12.4. The number of nitro groups is 1. The summed E-state index contributed by atoms with van der Waals surface area (Å²) < 4.78 is 51.0. The molecule has 0 spiro atoms. The lowest BCUT2D eigenvalue weighted by molar-refractivity contribution is -0.387. The molecule has 170 valence electrons. The van der Waals surface area contributed by atoms with E-state index in [1.54, 1.807) is 30.4 Å². The minimum absolute atomic E-state index is 0.189. The summed E-state index contributed by atoms with van der Waals surface area (Å²) >= 11 is 0. The number of sulfonamides is 2. The highest BCUT2D eigenvalue weighted by Gasteiger charge is 2.31. The number of nitrogen functional groups attached to an aromatic ring is 1. The molecule has 2 N–H and O–H groups in total. The molecule has 0 fully saturated rings. The zero-order valence-electron chi connectivity index (χ0n) is 16.9. The average Bonchev–Trinajstić information content (AvgIpc) is 3.49. The van der Waals surface area contributed by atoms with Crippen molar-refractivity contribution >= 4 is 31.4 Å². The minimum atomic E-state index is -3.79. The van der Waals surface area contributed by atoms with Crippen molar-refractivity contribution in [3.63, 3.8) is 0 Å². The molecule has 0 unspecified atom stereocenters. The summed E-state index contributed by atoms with van der Waals surface area (Å²) in [5, 5.41) is 10.8. The molecule has 0 aliphatic carbocycles. The second kappa shape index (κ2) is 9.61. The zero-order chi connectivity index (χ0) is 23.4. The Labute approximate surface area is 186 Å². The Morgan fingerprint density at radius 1 is 0.719 bits per heavy atom. The van der Waals surface area contributed by atoms with Gasteiger partial charge in [-0.2, -0.15) is 8.61 Å². The van der Waals surface area contributed by atoms with Gasteiger partial charge in [0.1, 0.15) is 4.90 Å². The second-order valence-corrected chi connectivity index (χ2v) is 10.7. The van der Waals surface area contributed by atoms with Crippen molar-refractivity contribution in [1.29, 1.82) is 0 Å². The largest absolute Gasteiger partial charge is 0.398 e. The van der Waals surface area contributed by atoms with Crippen LogP contribution in [0.3, 0.4) is 0 Å². The van der Waals surface area contributed by atoms with Crippen LogP contribution >= 0.6 is 0 Å². The molecule has 0 atom stereocenters. The van der Waals surface area contributed by atoms with E-state index in [4.69, 9.17) is 5.73 Å². The van der Waals surface area contributed by atoms with Gasteiger partial charge in [-0.05, 0) is 18.2 Å². The van der Waals surface area contributed by atoms with E-state index in [1.165, 1.54) is 38.9 Å². The summed E-state index contributed by atoms with van der Waals surface area (Å²) in [6, 6.07) is 11.9. The molecular weight excluding hydrogens is 456 g/mol. The SMILES string of the molecule is Nc1ccccc1S(=O)(=O)N1CC=CC1.O=[N+]([O-])c1ccccc1S(=O)(=O)N1CC=CC1. The Morgan fingerprint density at radius 2 is 1.12 bits per heavy atom. The molecule has 2 aliphatic heterocycles. The predicted octanol–water partition coefficient (Wildman–Crippen LogP) is 1.98. The Kier molecular flexibility index (Phi) is 7.09. The van der Waals surface area contributed by atoms with Crippen molar-refractivity contribution in [2.45, 2.75) is 9.79 Å². The normalized spacial score (nSPS) is 16.6. The third-order valence-electron chi connectivity index (χ3n) is 4.79. The Balaban J connectivity index is 0.000000182. The van der Waals surface area contributed by atoms with E-state index >= 15 is 0 Å². The number of rotatable bonds is 5. The van der Waals surface area contributed by atoms with E-state index in [-0.39, 0.29) is 28.6 Å². The maximum Gasteiger partial charge on any atom is 0.289 e. The summed E-state index contributed by atoms with van der Waals surface area (Å²) in [5.74, 6) is 0. The third kappa shape index (κ3) is 4.88.